The van der Waals surface area contributed by atoms with Gasteiger partial charge in [0, 0.05) is 30.7 Å². The first kappa shape index (κ1) is 15.9. The molecule has 3 aromatic rings. The second-order valence-corrected chi connectivity index (χ2v) is 6.81. The molecule has 0 atom stereocenters. The Labute approximate surface area is 146 Å². The molecule has 1 aliphatic heterocycles. The van der Waals surface area contributed by atoms with E-state index >= 15 is 0 Å². The van der Waals surface area contributed by atoms with Crippen molar-refractivity contribution in [2.75, 3.05) is 13.1 Å². The highest BCUT2D eigenvalue weighted by molar-refractivity contribution is 6.09. The molecular weight excluding hydrogens is 314 g/mol. The molecule has 3 aromatic heterocycles. The van der Waals surface area contributed by atoms with Gasteiger partial charge in [0.25, 0.3) is 0 Å². The van der Waals surface area contributed by atoms with Crippen molar-refractivity contribution in [3.63, 3.8) is 0 Å². The minimum atomic E-state index is 0.108. The molecule has 25 heavy (non-hydrogen) atoms. The number of H-pyrrole nitrogens is 1. The van der Waals surface area contributed by atoms with Crippen molar-refractivity contribution in [3.05, 3.63) is 30.2 Å². The van der Waals surface area contributed by atoms with Crippen LogP contribution in [0.3, 0.4) is 0 Å². The van der Waals surface area contributed by atoms with E-state index in [1.54, 1.807) is 12.4 Å². The van der Waals surface area contributed by atoms with Gasteiger partial charge in [0.05, 0.1) is 17.1 Å². The first-order valence-corrected chi connectivity index (χ1v) is 8.73. The van der Waals surface area contributed by atoms with E-state index in [-0.39, 0.29) is 6.10 Å². The lowest BCUT2D eigenvalue weighted by Gasteiger charge is -2.34. The minimum Gasteiger partial charge on any atom is -0.487 e. The van der Waals surface area contributed by atoms with E-state index in [9.17, 15) is 5.26 Å². The molecule has 1 aliphatic rings. The molecule has 0 amide bonds. The zero-order chi connectivity index (χ0) is 17.4. The van der Waals surface area contributed by atoms with Crippen molar-refractivity contribution in [1.82, 2.24) is 19.9 Å². The average Bonchev–Trinajstić information content (AvgIpc) is 3.01. The number of aromatic nitrogens is 3. The highest BCUT2D eigenvalue weighted by atomic mass is 16.5. The van der Waals surface area contributed by atoms with Gasteiger partial charge in [-0.05, 0) is 38.8 Å². The van der Waals surface area contributed by atoms with Crippen LogP contribution in [0.1, 0.15) is 32.4 Å². The van der Waals surface area contributed by atoms with E-state index in [1.807, 2.05) is 12.1 Å². The van der Waals surface area contributed by atoms with Gasteiger partial charge in [-0.15, -0.1) is 0 Å². The molecule has 0 aromatic carbocycles. The van der Waals surface area contributed by atoms with Crippen molar-refractivity contribution >= 4 is 21.9 Å². The summed E-state index contributed by atoms with van der Waals surface area (Å²) in [7, 11) is 0. The maximum Gasteiger partial charge on any atom is 0.183 e. The predicted molar refractivity (Wildman–Crippen MR) is 96.5 cm³/mol. The Hall–Kier alpha value is -2.65. The molecule has 0 aliphatic carbocycles. The number of ether oxygens (including phenoxy) is 1. The Balaban J connectivity index is 1.72. The summed E-state index contributed by atoms with van der Waals surface area (Å²) in [5.74, 6) is 0.585. The second-order valence-electron chi connectivity index (χ2n) is 6.81. The maximum absolute atomic E-state index is 9.51. The van der Waals surface area contributed by atoms with E-state index < -0.39 is 0 Å². The zero-order valence-electron chi connectivity index (χ0n) is 14.5. The van der Waals surface area contributed by atoms with Crippen LogP contribution in [-0.2, 0) is 0 Å². The zero-order valence-corrected chi connectivity index (χ0v) is 14.5. The number of fused-ring (bicyclic) bond motifs is 3. The Morgan fingerprint density at radius 1 is 1.32 bits per heavy atom. The SMILES string of the molecule is CC(C)N1CCC(Oc2c(C#N)ncc3[nH]c4ncccc4c23)CC1. The number of hydrogen-bond donors (Lipinski definition) is 1. The molecule has 6 nitrogen and oxygen atoms in total. The molecule has 6 heteroatoms. The molecular formula is C19H21N5O. The van der Waals surface area contributed by atoms with Gasteiger partial charge >= 0.3 is 0 Å². The van der Waals surface area contributed by atoms with Gasteiger partial charge < -0.3 is 14.6 Å². The monoisotopic (exact) mass is 335 g/mol. The number of pyridine rings is 2. The third kappa shape index (κ3) is 2.81. The topological polar surface area (TPSA) is 77.8 Å². The Morgan fingerprint density at radius 2 is 2.12 bits per heavy atom. The average molecular weight is 335 g/mol. The van der Waals surface area contributed by atoms with Crippen molar-refractivity contribution in [2.24, 2.45) is 0 Å². The number of nitrogens with one attached hydrogen (secondary N) is 1. The standard InChI is InChI=1S/C19H21N5O/c1-12(2)24-8-5-13(6-9-24)25-18-15(10-20)22-11-16-17(18)14-4-3-7-21-19(14)23-16/h3-4,7,11-13H,5-6,8-9H2,1-2H3,(H,21,23). The van der Waals surface area contributed by atoms with Crippen LogP contribution in [0, 0.1) is 11.3 Å². The van der Waals surface area contributed by atoms with Gasteiger partial charge in [-0.2, -0.15) is 5.26 Å². The number of aromatic amines is 1. The molecule has 128 valence electrons. The summed E-state index contributed by atoms with van der Waals surface area (Å²) in [6.07, 6.45) is 5.46. The lowest BCUT2D eigenvalue weighted by Crippen LogP contribution is -2.41. The Bertz CT molecular complexity index is 947. The fraction of sp³-hybridized carbons (Fsp3) is 0.421. The molecule has 1 N–H and O–H groups in total. The van der Waals surface area contributed by atoms with Gasteiger partial charge in [0.2, 0.25) is 0 Å². The molecule has 0 unspecified atom stereocenters. The van der Waals surface area contributed by atoms with Gasteiger partial charge in [-0.1, -0.05) is 0 Å². The fourth-order valence-corrected chi connectivity index (χ4v) is 3.56. The summed E-state index contributed by atoms with van der Waals surface area (Å²) >= 11 is 0. The van der Waals surface area contributed by atoms with Crippen molar-refractivity contribution in [3.8, 4) is 11.8 Å². The quantitative estimate of drug-likeness (QED) is 0.795. The van der Waals surface area contributed by atoms with Gasteiger partial charge in [0.15, 0.2) is 11.4 Å². The van der Waals surface area contributed by atoms with Crippen LogP contribution in [0.5, 0.6) is 5.75 Å². The molecule has 0 radical (unpaired) electrons. The van der Waals surface area contributed by atoms with Crippen LogP contribution >= 0.6 is 0 Å². The first-order chi connectivity index (χ1) is 12.2. The van der Waals surface area contributed by atoms with Gasteiger partial charge in [-0.25, -0.2) is 9.97 Å². The van der Waals surface area contributed by atoms with Crippen LogP contribution in [-0.4, -0.2) is 45.1 Å². The summed E-state index contributed by atoms with van der Waals surface area (Å²) < 4.78 is 6.33. The van der Waals surface area contributed by atoms with Crippen LogP contribution in [0.4, 0.5) is 0 Å². The second kappa shape index (κ2) is 6.34. The summed E-state index contributed by atoms with van der Waals surface area (Å²) in [6, 6.07) is 6.63. The van der Waals surface area contributed by atoms with Crippen LogP contribution in [0.2, 0.25) is 0 Å². The first-order valence-electron chi connectivity index (χ1n) is 8.73. The summed E-state index contributed by atoms with van der Waals surface area (Å²) in [5.41, 5.74) is 1.97. The summed E-state index contributed by atoms with van der Waals surface area (Å²) in [6.45, 7) is 6.48. The molecule has 1 fully saturated rings. The number of nitriles is 1. The number of rotatable bonds is 3. The Kier molecular flexibility index (Phi) is 4.02. The molecule has 0 saturated carbocycles. The van der Waals surface area contributed by atoms with E-state index in [2.05, 4.69) is 39.8 Å². The van der Waals surface area contributed by atoms with Gasteiger partial charge in [0.1, 0.15) is 17.8 Å². The Morgan fingerprint density at radius 3 is 2.84 bits per heavy atom. The van der Waals surface area contributed by atoms with Crippen molar-refractivity contribution < 1.29 is 4.74 Å². The lowest BCUT2D eigenvalue weighted by molar-refractivity contribution is 0.0849. The maximum atomic E-state index is 9.51. The highest BCUT2D eigenvalue weighted by Crippen LogP contribution is 2.35. The van der Waals surface area contributed by atoms with Crippen LogP contribution in [0.15, 0.2) is 24.5 Å². The molecule has 1 saturated heterocycles. The van der Waals surface area contributed by atoms with E-state index in [1.165, 1.54) is 0 Å². The third-order valence-electron chi connectivity index (χ3n) is 4.96. The van der Waals surface area contributed by atoms with Gasteiger partial charge in [-0.3, -0.25) is 0 Å². The van der Waals surface area contributed by atoms with Crippen molar-refractivity contribution in [2.45, 2.75) is 38.8 Å². The molecule has 4 rings (SSSR count). The predicted octanol–water partition coefficient (Wildman–Crippen LogP) is 3.23. The number of hydrogen-bond acceptors (Lipinski definition) is 5. The normalized spacial score (nSPS) is 16.6. The van der Waals surface area contributed by atoms with E-state index in [0.717, 1.165) is 47.9 Å². The minimum absolute atomic E-state index is 0.108. The summed E-state index contributed by atoms with van der Waals surface area (Å²) in [5, 5.41) is 11.4. The largest absolute Gasteiger partial charge is 0.487 e. The van der Waals surface area contributed by atoms with Crippen molar-refractivity contribution in [1.29, 1.82) is 5.26 Å². The summed E-state index contributed by atoms with van der Waals surface area (Å²) in [4.78, 5) is 14.4. The van der Waals surface area contributed by atoms with E-state index in [0.29, 0.717) is 17.5 Å². The lowest BCUT2D eigenvalue weighted by atomic mass is 10.1. The fourth-order valence-electron chi connectivity index (χ4n) is 3.56. The number of piperidine rings is 1. The molecule has 0 spiro atoms. The number of likely N-dealkylation sites (tertiary alicyclic amines) is 1. The van der Waals surface area contributed by atoms with E-state index in [4.69, 9.17) is 4.74 Å². The van der Waals surface area contributed by atoms with Crippen LogP contribution in [0.25, 0.3) is 21.9 Å². The van der Waals surface area contributed by atoms with Crippen LogP contribution < -0.4 is 4.74 Å². The molecule has 4 heterocycles. The smallest absolute Gasteiger partial charge is 0.183 e. The third-order valence-corrected chi connectivity index (χ3v) is 4.96. The highest BCUT2D eigenvalue weighted by Gasteiger charge is 2.25. The number of nitrogens with zero attached hydrogens (tertiary/aromatic N) is 4. The molecule has 0 bridgehead atoms.